The second-order valence-corrected chi connectivity index (χ2v) is 5.02. The first-order chi connectivity index (χ1) is 10.1. The van der Waals surface area contributed by atoms with Crippen molar-refractivity contribution in [1.29, 1.82) is 0 Å². The number of carbonyl (C=O) groups excluding carboxylic acids is 2. The molecule has 0 bridgehead atoms. The molecule has 2 aliphatic heterocycles. The number of anilines is 2. The number of carbonyl (C=O) groups is 2. The maximum Gasteiger partial charge on any atom is 0.275 e. The maximum atomic E-state index is 13.3. The molecule has 0 saturated carbocycles. The molecule has 2 heterocycles. The Bertz CT molecular complexity index is 805. The summed E-state index contributed by atoms with van der Waals surface area (Å²) in [6, 6.07) is 10.9. The predicted octanol–water partition coefficient (Wildman–Crippen LogP) is 1.79. The summed E-state index contributed by atoms with van der Waals surface area (Å²) in [4.78, 5) is 24.6. The van der Waals surface area contributed by atoms with Gasteiger partial charge in [0.15, 0.2) is 0 Å². The number of hydrogen-bond donors (Lipinski definition) is 3. The molecule has 2 aromatic rings. The van der Waals surface area contributed by atoms with Crippen molar-refractivity contribution in [2.24, 2.45) is 0 Å². The molecule has 21 heavy (non-hydrogen) atoms. The Labute approximate surface area is 119 Å². The predicted molar refractivity (Wildman–Crippen MR) is 74.2 cm³/mol. The van der Waals surface area contributed by atoms with Crippen molar-refractivity contribution in [2.45, 2.75) is 5.66 Å². The van der Waals surface area contributed by atoms with Crippen LogP contribution in [0.1, 0.15) is 15.9 Å². The van der Waals surface area contributed by atoms with Gasteiger partial charge in [0.2, 0.25) is 5.66 Å². The van der Waals surface area contributed by atoms with Crippen molar-refractivity contribution < 1.29 is 14.0 Å². The van der Waals surface area contributed by atoms with Gasteiger partial charge in [-0.3, -0.25) is 9.59 Å². The van der Waals surface area contributed by atoms with E-state index < -0.39 is 17.4 Å². The first-order valence-electron chi connectivity index (χ1n) is 6.41. The highest BCUT2D eigenvalue weighted by molar-refractivity contribution is 6.14. The topological polar surface area (TPSA) is 70.2 Å². The number of fused-ring (bicyclic) bond motifs is 3. The minimum absolute atomic E-state index is 0.350. The first kappa shape index (κ1) is 11.9. The number of benzene rings is 2. The number of para-hydroxylation sites is 1. The highest BCUT2D eigenvalue weighted by Crippen LogP contribution is 2.40. The van der Waals surface area contributed by atoms with E-state index in [-0.39, 0.29) is 5.91 Å². The molecule has 2 aliphatic rings. The molecule has 0 fully saturated rings. The van der Waals surface area contributed by atoms with Crippen LogP contribution in [0.5, 0.6) is 0 Å². The van der Waals surface area contributed by atoms with Crippen LogP contribution in [0.25, 0.3) is 0 Å². The number of halogens is 1. The molecule has 1 atom stereocenters. The van der Waals surface area contributed by atoms with Gasteiger partial charge in [0.05, 0.1) is 11.3 Å². The lowest BCUT2D eigenvalue weighted by molar-refractivity contribution is -0.120. The van der Waals surface area contributed by atoms with Gasteiger partial charge < -0.3 is 16.0 Å². The van der Waals surface area contributed by atoms with Crippen LogP contribution in [0.3, 0.4) is 0 Å². The van der Waals surface area contributed by atoms with E-state index in [2.05, 4.69) is 16.0 Å². The Hall–Kier alpha value is -2.89. The summed E-state index contributed by atoms with van der Waals surface area (Å²) in [5.74, 6) is -1.24. The number of hydrogen-bond acceptors (Lipinski definition) is 3. The molecule has 4 rings (SSSR count). The van der Waals surface area contributed by atoms with Crippen LogP contribution in [0, 0.1) is 5.82 Å². The Morgan fingerprint density at radius 1 is 0.952 bits per heavy atom. The van der Waals surface area contributed by atoms with Crippen LogP contribution in [0.15, 0.2) is 42.5 Å². The molecule has 104 valence electrons. The van der Waals surface area contributed by atoms with Crippen LogP contribution < -0.4 is 16.0 Å². The van der Waals surface area contributed by atoms with Gasteiger partial charge in [0.1, 0.15) is 5.82 Å². The molecule has 2 aromatic carbocycles. The summed E-state index contributed by atoms with van der Waals surface area (Å²) in [5.41, 5.74) is 0.484. The van der Waals surface area contributed by atoms with E-state index in [1.165, 1.54) is 18.2 Å². The van der Waals surface area contributed by atoms with Crippen molar-refractivity contribution in [3.05, 3.63) is 59.4 Å². The molecule has 0 saturated heterocycles. The third kappa shape index (κ3) is 1.50. The van der Waals surface area contributed by atoms with Gasteiger partial charge in [-0.1, -0.05) is 12.1 Å². The highest BCUT2D eigenvalue weighted by atomic mass is 19.1. The molecule has 0 aliphatic carbocycles. The van der Waals surface area contributed by atoms with E-state index in [1.54, 1.807) is 24.3 Å². The van der Waals surface area contributed by atoms with Gasteiger partial charge in [-0.2, -0.15) is 0 Å². The molecule has 1 spiro atoms. The van der Waals surface area contributed by atoms with E-state index in [9.17, 15) is 14.0 Å². The SMILES string of the molecule is O=C1NC2(Nc3ccccc31)C(=O)Nc1cc(F)ccc12. The number of nitrogens with one attached hydrogen (secondary N) is 3. The summed E-state index contributed by atoms with van der Waals surface area (Å²) in [6.07, 6.45) is 0. The first-order valence-corrected chi connectivity index (χ1v) is 6.41. The molecular weight excluding hydrogens is 273 g/mol. The van der Waals surface area contributed by atoms with Crippen LogP contribution in [-0.4, -0.2) is 11.8 Å². The lowest BCUT2D eigenvalue weighted by Gasteiger charge is -2.35. The van der Waals surface area contributed by atoms with Crippen LogP contribution >= 0.6 is 0 Å². The van der Waals surface area contributed by atoms with Gasteiger partial charge in [-0.15, -0.1) is 0 Å². The molecule has 0 radical (unpaired) electrons. The lowest BCUT2D eigenvalue weighted by Crippen LogP contribution is -2.59. The quantitative estimate of drug-likeness (QED) is 0.690. The molecule has 1 unspecified atom stereocenters. The third-order valence-corrected chi connectivity index (χ3v) is 3.77. The van der Waals surface area contributed by atoms with Crippen molar-refractivity contribution in [3.8, 4) is 0 Å². The summed E-state index contributed by atoms with van der Waals surface area (Å²) < 4.78 is 13.3. The van der Waals surface area contributed by atoms with E-state index >= 15 is 0 Å². The van der Waals surface area contributed by atoms with E-state index in [1.807, 2.05) is 0 Å². The second kappa shape index (κ2) is 3.82. The maximum absolute atomic E-state index is 13.3. The van der Waals surface area contributed by atoms with Gasteiger partial charge in [-0.25, -0.2) is 4.39 Å². The molecule has 6 heteroatoms. The van der Waals surface area contributed by atoms with Crippen molar-refractivity contribution in [3.63, 3.8) is 0 Å². The molecular formula is C15H10FN3O2. The van der Waals surface area contributed by atoms with E-state index in [0.29, 0.717) is 22.5 Å². The zero-order valence-electron chi connectivity index (χ0n) is 10.7. The Kier molecular flexibility index (Phi) is 2.16. The van der Waals surface area contributed by atoms with Crippen molar-refractivity contribution in [1.82, 2.24) is 5.32 Å². The molecule has 0 aromatic heterocycles. The largest absolute Gasteiger partial charge is 0.350 e. The van der Waals surface area contributed by atoms with Gasteiger partial charge in [-0.05, 0) is 30.3 Å². The fourth-order valence-corrected chi connectivity index (χ4v) is 2.79. The number of amides is 2. The Balaban J connectivity index is 1.91. The normalized spacial score (nSPS) is 22.1. The zero-order chi connectivity index (χ0) is 14.6. The van der Waals surface area contributed by atoms with Gasteiger partial charge in [0.25, 0.3) is 11.8 Å². The smallest absolute Gasteiger partial charge is 0.275 e. The van der Waals surface area contributed by atoms with Crippen molar-refractivity contribution >= 4 is 23.2 Å². The minimum Gasteiger partial charge on any atom is -0.350 e. The average molecular weight is 283 g/mol. The van der Waals surface area contributed by atoms with Gasteiger partial charge >= 0.3 is 0 Å². The van der Waals surface area contributed by atoms with Crippen LogP contribution in [-0.2, 0) is 10.5 Å². The van der Waals surface area contributed by atoms with Crippen LogP contribution in [0.4, 0.5) is 15.8 Å². The Morgan fingerprint density at radius 3 is 2.62 bits per heavy atom. The van der Waals surface area contributed by atoms with Crippen molar-refractivity contribution in [2.75, 3.05) is 10.6 Å². The Morgan fingerprint density at radius 2 is 1.76 bits per heavy atom. The monoisotopic (exact) mass is 283 g/mol. The third-order valence-electron chi connectivity index (χ3n) is 3.77. The number of rotatable bonds is 0. The molecule has 2 amide bonds. The summed E-state index contributed by atoms with van der Waals surface area (Å²) in [5, 5.41) is 8.34. The minimum atomic E-state index is -1.39. The highest BCUT2D eigenvalue weighted by Gasteiger charge is 2.51. The molecule has 5 nitrogen and oxygen atoms in total. The summed E-state index contributed by atoms with van der Waals surface area (Å²) in [7, 11) is 0. The van der Waals surface area contributed by atoms with Crippen LogP contribution in [0.2, 0.25) is 0 Å². The van der Waals surface area contributed by atoms with E-state index in [0.717, 1.165) is 0 Å². The lowest BCUT2D eigenvalue weighted by atomic mass is 9.95. The fraction of sp³-hybridized carbons (Fsp3) is 0.0667. The van der Waals surface area contributed by atoms with Gasteiger partial charge in [0, 0.05) is 11.3 Å². The fourth-order valence-electron chi connectivity index (χ4n) is 2.79. The molecule has 3 N–H and O–H groups in total. The zero-order valence-corrected chi connectivity index (χ0v) is 10.7. The summed E-state index contributed by atoms with van der Waals surface area (Å²) in [6.45, 7) is 0. The standard InChI is InChI=1S/C15H10FN3O2/c16-8-5-6-10-12(7-8)17-14(21)15(10)18-11-4-2-1-3-9(11)13(20)19-15/h1-7,18H,(H,17,21)(H,19,20). The van der Waals surface area contributed by atoms with E-state index in [4.69, 9.17) is 0 Å². The second-order valence-electron chi connectivity index (χ2n) is 5.02. The summed E-state index contributed by atoms with van der Waals surface area (Å²) >= 11 is 0. The average Bonchev–Trinajstić information content (AvgIpc) is 2.70.